The molecule has 8 nitrogen and oxygen atoms in total. The minimum atomic E-state index is -0.684. The van der Waals surface area contributed by atoms with Crippen LogP contribution in [0.4, 0.5) is 5.69 Å². The number of nitro groups is 1. The van der Waals surface area contributed by atoms with Crippen LogP contribution in [0.2, 0.25) is 0 Å². The van der Waals surface area contributed by atoms with Crippen LogP contribution in [0.25, 0.3) is 6.08 Å². The van der Waals surface area contributed by atoms with Crippen LogP contribution in [0.15, 0.2) is 93.2 Å². The van der Waals surface area contributed by atoms with E-state index in [1.165, 1.54) is 39.4 Å². The third-order valence-electron chi connectivity index (χ3n) is 5.65. The summed E-state index contributed by atoms with van der Waals surface area (Å²) in [6.45, 7) is 1.84. The molecule has 0 saturated carbocycles. The van der Waals surface area contributed by atoms with Crippen molar-refractivity contribution >= 4 is 40.4 Å². The normalized spacial score (nSPS) is 15.4. The summed E-state index contributed by atoms with van der Waals surface area (Å²) in [7, 11) is 0. The van der Waals surface area contributed by atoms with Crippen molar-refractivity contribution in [1.82, 2.24) is 4.57 Å². The van der Waals surface area contributed by atoms with Crippen LogP contribution in [0.1, 0.15) is 29.0 Å². The molecule has 0 spiro atoms. The third kappa shape index (κ3) is 4.56. The number of ether oxygens (including phenoxy) is 1. The van der Waals surface area contributed by atoms with Crippen molar-refractivity contribution < 1.29 is 14.5 Å². The quantitative estimate of drug-likeness (QED) is 0.219. The predicted molar refractivity (Wildman–Crippen MR) is 137 cm³/mol. The number of hydrogen-bond donors (Lipinski definition) is 0. The molecular weight excluding hydrogens is 498 g/mol. The summed E-state index contributed by atoms with van der Waals surface area (Å²) in [6, 6.07) is 18.5. The summed E-state index contributed by atoms with van der Waals surface area (Å²) in [4.78, 5) is 43.4. The maximum atomic E-state index is 13.6. The molecule has 4 aromatic rings. The minimum absolute atomic E-state index is 0.0627. The van der Waals surface area contributed by atoms with Gasteiger partial charge in [0.25, 0.3) is 11.2 Å². The number of thiophene rings is 1. The molecule has 3 heterocycles. The smallest absolute Gasteiger partial charge is 0.338 e. The van der Waals surface area contributed by atoms with Gasteiger partial charge in [-0.2, -0.15) is 0 Å². The molecule has 0 unspecified atom stereocenters. The number of fused-ring (bicyclic) bond motifs is 1. The molecule has 0 fully saturated rings. The predicted octanol–water partition coefficient (Wildman–Crippen LogP) is 3.95. The molecule has 5 rings (SSSR count). The van der Waals surface area contributed by atoms with Gasteiger partial charge in [-0.1, -0.05) is 59.9 Å². The van der Waals surface area contributed by atoms with Gasteiger partial charge in [0, 0.05) is 17.0 Å². The highest BCUT2D eigenvalue weighted by Crippen LogP contribution is 2.33. The number of aromatic nitrogens is 1. The van der Waals surface area contributed by atoms with E-state index in [2.05, 4.69) is 4.99 Å². The first-order chi connectivity index (χ1) is 17.4. The van der Waals surface area contributed by atoms with Crippen molar-refractivity contribution in [2.24, 2.45) is 4.99 Å². The van der Waals surface area contributed by atoms with Gasteiger partial charge in [-0.25, -0.2) is 9.79 Å². The number of carbonyl (C=O) groups is 1. The molecule has 2 aromatic heterocycles. The maximum absolute atomic E-state index is 13.6. The highest BCUT2D eigenvalue weighted by Gasteiger charge is 2.34. The molecule has 0 radical (unpaired) electrons. The average Bonchev–Trinajstić information content (AvgIpc) is 3.51. The van der Waals surface area contributed by atoms with Crippen LogP contribution in [0, 0.1) is 10.1 Å². The second kappa shape index (κ2) is 9.84. The largest absolute Gasteiger partial charge is 0.457 e. The second-order valence-electron chi connectivity index (χ2n) is 8.01. The lowest BCUT2D eigenvalue weighted by Gasteiger charge is -2.23. The molecule has 0 bridgehead atoms. The second-order valence-corrected chi connectivity index (χ2v) is 10.00. The van der Waals surface area contributed by atoms with Crippen molar-refractivity contribution in [3.05, 3.63) is 129 Å². The number of thiazole rings is 1. The molecule has 180 valence electrons. The van der Waals surface area contributed by atoms with E-state index in [-0.39, 0.29) is 17.9 Å². The Balaban J connectivity index is 1.58. The molecule has 1 aliphatic heterocycles. The number of benzene rings is 2. The fourth-order valence-electron chi connectivity index (χ4n) is 3.98. The summed E-state index contributed by atoms with van der Waals surface area (Å²) in [5, 5.41) is 13.0. The van der Waals surface area contributed by atoms with Crippen molar-refractivity contribution in [2.75, 3.05) is 0 Å². The van der Waals surface area contributed by atoms with Gasteiger partial charge in [-0.15, -0.1) is 11.3 Å². The third-order valence-corrected chi connectivity index (χ3v) is 7.55. The number of carbonyl (C=O) groups excluding carboxylic acids is 1. The number of non-ortho nitro benzene ring substituents is 1. The van der Waals surface area contributed by atoms with E-state index < -0.39 is 16.9 Å². The standard InChI is InChI=1S/C26H19N3O5S2/c1-16-22(25(31)34-15-17-7-3-2-4-8-17)23(20-11-6-12-35-20)28-24(30)21(36-26(28)27-16)14-18-9-5-10-19(13-18)29(32)33/h2-14,23H,15H2,1H3/b21-14+/t23-/m1/s1. The monoisotopic (exact) mass is 517 g/mol. The summed E-state index contributed by atoms with van der Waals surface area (Å²) >= 11 is 2.61. The Hall–Kier alpha value is -4.15. The molecule has 0 saturated heterocycles. The number of esters is 1. The van der Waals surface area contributed by atoms with E-state index in [0.717, 1.165) is 10.4 Å². The zero-order valence-corrected chi connectivity index (χ0v) is 20.6. The zero-order chi connectivity index (χ0) is 25.2. The van der Waals surface area contributed by atoms with Crippen LogP contribution in [-0.2, 0) is 16.1 Å². The van der Waals surface area contributed by atoms with Gasteiger partial charge in [-0.05, 0) is 35.6 Å². The van der Waals surface area contributed by atoms with Gasteiger partial charge in [0.1, 0.15) is 12.6 Å². The maximum Gasteiger partial charge on any atom is 0.338 e. The van der Waals surface area contributed by atoms with Gasteiger partial charge in [-0.3, -0.25) is 19.5 Å². The van der Waals surface area contributed by atoms with E-state index in [1.54, 1.807) is 25.1 Å². The molecule has 0 amide bonds. The van der Waals surface area contributed by atoms with Crippen LogP contribution in [-0.4, -0.2) is 15.5 Å². The SMILES string of the molecule is CC1=C(C(=O)OCc2ccccc2)[C@@H](c2cccs2)n2c(s/c(=C/c3cccc([N+](=O)[O-])c3)c2=O)=N1. The molecule has 1 atom stereocenters. The van der Waals surface area contributed by atoms with Gasteiger partial charge in [0.15, 0.2) is 4.80 Å². The average molecular weight is 518 g/mol. The lowest BCUT2D eigenvalue weighted by atomic mass is 10.0. The Morgan fingerprint density at radius 2 is 1.97 bits per heavy atom. The van der Waals surface area contributed by atoms with Crippen molar-refractivity contribution in [3.63, 3.8) is 0 Å². The first-order valence-electron chi connectivity index (χ1n) is 10.9. The number of allylic oxidation sites excluding steroid dienone is 1. The molecule has 1 aliphatic rings. The van der Waals surface area contributed by atoms with Crippen LogP contribution >= 0.6 is 22.7 Å². The van der Waals surface area contributed by atoms with E-state index in [4.69, 9.17) is 4.74 Å². The number of nitrogens with zero attached hydrogens (tertiary/aromatic N) is 3. The summed E-state index contributed by atoms with van der Waals surface area (Å²) in [5.74, 6) is -0.536. The van der Waals surface area contributed by atoms with E-state index in [9.17, 15) is 19.7 Å². The lowest BCUT2D eigenvalue weighted by Crippen LogP contribution is -2.39. The Morgan fingerprint density at radius 1 is 1.17 bits per heavy atom. The first-order valence-corrected chi connectivity index (χ1v) is 12.6. The highest BCUT2D eigenvalue weighted by molar-refractivity contribution is 7.10. The Bertz CT molecular complexity index is 1670. The molecule has 0 aliphatic carbocycles. The summed E-state index contributed by atoms with van der Waals surface area (Å²) in [5.41, 5.74) is 1.78. The van der Waals surface area contributed by atoms with E-state index in [0.29, 0.717) is 26.2 Å². The minimum Gasteiger partial charge on any atom is -0.457 e. The highest BCUT2D eigenvalue weighted by atomic mass is 32.1. The lowest BCUT2D eigenvalue weighted by molar-refractivity contribution is -0.384. The number of rotatable bonds is 6. The molecule has 10 heteroatoms. The van der Waals surface area contributed by atoms with Gasteiger partial charge in [0.2, 0.25) is 0 Å². The van der Waals surface area contributed by atoms with Crippen LogP contribution in [0.3, 0.4) is 0 Å². The fraction of sp³-hybridized carbons (Fsp3) is 0.115. The van der Waals surface area contributed by atoms with Crippen molar-refractivity contribution in [2.45, 2.75) is 19.6 Å². The van der Waals surface area contributed by atoms with Gasteiger partial charge in [0.05, 0.1) is 20.7 Å². The number of hydrogen-bond acceptors (Lipinski definition) is 8. The molecular formula is C26H19N3O5S2. The Kier molecular flexibility index (Phi) is 6.45. The van der Waals surface area contributed by atoms with Gasteiger partial charge >= 0.3 is 5.97 Å². The van der Waals surface area contributed by atoms with Crippen LogP contribution < -0.4 is 14.9 Å². The molecule has 0 N–H and O–H groups in total. The summed E-state index contributed by atoms with van der Waals surface area (Å²) in [6.07, 6.45) is 1.61. The van der Waals surface area contributed by atoms with Crippen molar-refractivity contribution in [1.29, 1.82) is 0 Å². The Labute approximate surface area is 212 Å². The van der Waals surface area contributed by atoms with Crippen molar-refractivity contribution in [3.8, 4) is 0 Å². The topological polar surface area (TPSA) is 104 Å². The van der Waals surface area contributed by atoms with Crippen LogP contribution in [0.5, 0.6) is 0 Å². The van der Waals surface area contributed by atoms with Gasteiger partial charge < -0.3 is 4.74 Å². The molecule has 36 heavy (non-hydrogen) atoms. The van der Waals surface area contributed by atoms with E-state index in [1.807, 2.05) is 47.8 Å². The summed E-state index contributed by atoms with van der Waals surface area (Å²) < 4.78 is 7.49. The zero-order valence-electron chi connectivity index (χ0n) is 19.0. The fourth-order valence-corrected chi connectivity index (χ4v) is 5.85. The first kappa shape index (κ1) is 23.6. The molecule has 2 aromatic carbocycles. The number of nitro benzene ring substituents is 1. The van der Waals surface area contributed by atoms with E-state index >= 15 is 0 Å². The Morgan fingerprint density at radius 3 is 2.69 bits per heavy atom.